The molecule has 0 radical (unpaired) electrons. The standard InChI is InChI=1S/C10H11NO4S2/c12-11(13)9-3-1-2-4-10(9)16-8-5-6-17(14,15)7-8/h1-4,8H,5-7H2. The van der Waals surface area contributed by atoms with E-state index in [1.54, 1.807) is 18.2 Å². The third-order valence-electron chi connectivity index (χ3n) is 2.55. The molecule has 1 aliphatic rings. The van der Waals surface area contributed by atoms with Crippen molar-refractivity contribution in [3.05, 3.63) is 34.4 Å². The van der Waals surface area contributed by atoms with Gasteiger partial charge in [-0.3, -0.25) is 10.1 Å². The molecule has 0 aromatic heterocycles. The van der Waals surface area contributed by atoms with Crippen LogP contribution in [0.5, 0.6) is 0 Å². The summed E-state index contributed by atoms with van der Waals surface area (Å²) in [4.78, 5) is 10.9. The molecule has 0 saturated carbocycles. The van der Waals surface area contributed by atoms with Crippen molar-refractivity contribution in [2.75, 3.05) is 11.5 Å². The first-order chi connectivity index (χ1) is 7.98. The highest BCUT2D eigenvalue weighted by molar-refractivity contribution is 8.02. The van der Waals surface area contributed by atoms with Gasteiger partial charge in [0, 0.05) is 11.3 Å². The van der Waals surface area contributed by atoms with Gasteiger partial charge in [0.1, 0.15) is 0 Å². The highest BCUT2D eigenvalue weighted by Crippen LogP contribution is 2.35. The fourth-order valence-corrected chi connectivity index (χ4v) is 5.34. The van der Waals surface area contributed by atoms with Crippen LogP contribution in [0.3, 0.4) is 0 Å². The fraction of sp³-hybridized carbons (Fsp3) is 0.400. The number of hydrogen-bond donors (Lipinski definition) is 0. The molecule has 1 atom stereocenters. The molecule has 0 bridgehead atoms. The summed E-state index contributed by atoms with van der Waals surface area (Å²) in [7, 11) is -2.94. The predicted molar refractivity (Wildman–Crippen MR) is 66.0 cm³/mol. The maximum Gasteiger partial charge on any atom is 0.282 e. The molecule has 0 amide bonds. The minimum Gasteiger partial charge on any atom is -0.258 e. The third-order valence-corrected chi connectivity index (χ3v) is 5.86. The lowest BCUT2D eigenvalue weighted by Crippen LogP contribution is -2.06. The summed E-state index contributed by atoms with van der Waals surface area (Å²) in [5.74, 6) is 0.301. The number of nitrogens with zero attached hydrogens (tertiary/aromatic N) is 1. The maximum atomic E-state index is 11.3. The Hall–Kier alpha value is -1.08. The van der Waals surface area contributed by atoms with Crippen molar-refractivity contribution in [2.24, 2.45) is 0 Å². The molecule has 2 rings (SSSR count). The van der Waals surface area contributed by atoms with Crippen molar-refractivity contribution >= 4 is 27.3 Å². The van der Waals surface area contributed by atoms with Crippen molar-refractivity contribution in [3.63, 3.8) is 0 Å². The molecule has 0 N–H and O–H groups in total. The lowest BCUT2D eigenvalue weighted by atomic mass is 10.3. The van der Waals surface area contributed by atoms with E-state index in [9.17, 15) is 18.5 Å². The Kier molecular flexibility index (Phi) is 3.39. The molecule has 1 aromatic carbocycles. The number of sulfone groups is 1. The number of thioether (sulfide) groups is 1. The van der Waals surface area contributed by atoms with E-state index in [2.05, 4.69) is 0 Å². The molecule has 1 fully saturated rings. The summed E-state index contributed by atoms with van der Waals surface area (Å²) in [5, 5.41) is 10.7. The summed E-state index contributed by atoms with van der Waals surface area (Å²) >= 11 is 1.29. The van der Waals surface area contributed by atoms with Crippen LogP contribution in [0.2, 0.25) is 0 Å². The number of nitro groups is 1. The van der Waals surface area contributed by atoms with Crippen LogP contribution in [0.1, 0.15) is 6.42 Å². The van der Waals surface area contributed by atoms with Crippen LogP contribution >= 0.6 is 11.8 Å². The van der Waals surface area contributed by atoms with Gasteiger partial charge < -0.3 is 0 Å². The molecule has 1 unspecified atom stereocenters. The molecule has 0 spiro atoms. The van der Waals surface area contributed by atoms with E-state index in [-0.39, 0.29) is 22.4 Å². The smallest absolute Gasteiger partial charge is 0.258 e. The Bertz CT molecular complexity index is 541. The monoisotopic (exact) mass is 273 g/mol. The van der Waals surface area contributed by atoms with Crippen LogP contribution in [0, 0.1) is 10.1 Å². The van der Waals surface area contributed by atoms with Gasteiger partial charge in [-0.2, -0.15) is 0 Å². The van der Waals surface area contributed by atoms with E-state index in [4.69, 9.17) is 0 Å². The van der Waals surface area contributed by atoms with E-state index < -0.39 is 14.8 Å². The second kappa shape index (κ2) is 4.66. The minimum atomic E-state index is -2.94. The molecule has 1 aliphatic heterocycles. The maximum absolute atomic E-state index is 11.3. The molecule has 92 valence electrons. The number of benzene rings is 1. The van der Waals surface area contributed by atoms with Gasteiger partial charge in [-0.1, -0.05) is 12.1 Å². The summed E-state index contributed by atoms with van der Waals surface area (Å²) in [6.07, 6.45) is 0.569. The summed E-state index contributed by atoms with van der Waals surface area (Å²) in [5.41, 5.74) is 0.0433. The van der Waals surface area contributed by atoms with Crippen molar-refractivity contribution in [1.82, 2.24) is 0 Å². The van der Waals surface area contributed by atoms with Crippen LogP contribution in [0.25, 0.3) is 0 Å². The number of hydrogen-bond acceptors (Lipinski definition) is 5. The molecule has 17 heavy (non-hydrogen) atoms. The topological polar surface area (TPSA) is 77.3 Å². The Morgan fingerprint density at radius 2 is 2.06 bits per heavy atom. The predicted octanol–water partition coefficient (Wildman–Crippen LogP) is 1.87. The second-order valence-corrected chi connectivity index (χ2v) is 7.44. The Morgan fingerprint density at radius 1 is 1.35 bits per heavy atom. The van der Waals surface area contributed by atoms with E-state index >= 15 is 0 Å². The van der Waals surface area contributed by atoms with E-state index in [1.165, 1.54) is 17.8 Å². The molecule has 7 heteroatoms. The van der Waals surface area contributed by atoms with Gasteiger partial charge >= 0.3 is 0 Å². The molecule has 1 heterocycles. The zero-order chi connectivity index (χ0) is 12.5. The Labute approximate surface area is 103 Å². The highest BCUT2D eigenvalue weighted by atomic mass is 32.2. The zero-order valence-electron chi connectivity index (χ0n) is 8.90. The largest absolute Gasteiger partial charge is 0.282 e. The number of nitro benzene ring substituents is 1. The first kappa shape index (κ1) is 12.4. The van der Waals surface area contributed by atoms with Crippen LogP contribution in [-0.4, -0.2) is 30.1 Å². The number of rotatable bonds is 3. The molecule has 0 aliphatic carbocycles. The average molecular weight is 273 g/mol. The lowest BCUT2D eigenvalue weighted by Gasteiger charge is -2.07. The zero-order valence-corrected chi connectivity index (χ0v) is 10.5. The second-order valence-electron chi connectivity index (χ2n) is 3.87. The van der Waals surface area contributed by atoms with Gasteiger partial charge in [-0.05, 0) is 12.5 Å². The minimum absolute atomic E-state index is 0.0433. The molecule has 1 aromatic rings. The van der Waals surface area contributed by atoms with Gasteiger partial charge in [-0.25, -0.2) is 8.42 Å². The molecule has 5 nitrogen and oxygen atoms in total. The van der Waals surface area contributed by atoms with E-state index in [1.807, 2.05) is 0 Å². The van der Waals surface area contributed by atoms with Gasteiger partial charge in [0.25, 0.3) is 5.69 Å². The van der Waals surface area contributed by atoms with Crippen molar-refractivity contribution in [2.45, 2.75) is 16.6 Å². The normalized spacial score (nSPS) is 22.5. The number of para-hydroxylation sites is 1. The van der Waals surface area contributed by atoms with E-state index in [0.717, 1.165) is 0 Å². The van der Waals surface area contributed by atoms with Crippen molar-refractivity contribution in [3.8, 4) is 0 Å². The first-order valence-electron chi connectivity index (χ1n) is 5.08. The summed E-state index contributed by atoms with van der Waals surface area (Å²) in [6.45, 7) is 0. The quantitative estimate of drug-likeness (QED) is 0.620. The van der Waals surface area contributed by atoms with Crippen LogP contribution < -0.4 is 0 Å². The third kappa shape index (κ3) is 2.98. The Morgan fingerprint density at radius 3 is 2.65 bits per heavy atom. The van der Waals surface area contributed by atoms with E-state index in [0.29, 0.717) is 11.3 Å². The van der Waals surface area contributed by atoms with Gasteiger partial charge in [-0.15, -0.1) is 11.8 Å². The van der Waals surface area contributed by atoms with Gasteiger partial charge in [0.2, 0.25) is 0 Å². The SMILES string of the molecule is O=[N+]([O-])c1ccccc1SC1CCS(=O)(=O)C1. The Balaban J connectivity index is 2.17. The first-order valence-corrected chi connectivity index (χ1v) is 7.78. The van der Waals surface area contributed by atoms with Gasteiger partial charge in [0.05, 0.1) is 21.3 Å². The van der Waals surface area contributed by atoms with Gasteiger partial charge in [0.15, 0.2) is 9.84 Å². The highest BCUT2D eigenvalue weighted by Gasteiger charge is 2.30. The molecule has 1 saturated heterocycles. The molecular formula is C10H11NO4S2. The molecular weight excluding hydrogens is 262 g/mol. The fourth-order valence-electron chi connectivity index (χ4n) is 1.74. The summed E-state index contributed by atoms with van der Waals surface area (Å²) < 4.78 is 22.6. The van der Waals surface area contributed by atoms with Crippen LogP contribution in [0.15, 0.2) is 29.2 Å². The van der Waals surface area contributed by atoms with Crippen molar-refractivity contribution < 1.29 is 13.3 Å². The van der Waals surface area contributed by atoms with Crippen molar-refractivity contribution in [1.29, 1.82) is 0 Å². The van der Waals surface area contributed by atoms with Crippen LogP contribution in [-0.2, 0) is 9.84 Å². The lowest BCUT2D eigenvalue weighted by molar-refractivity contribution is -0.387. The van der Waals surface area contributed by atoms with Crippen LogP contribution in [0.4, 0.5) is 5.69 Å². The summed E-state index contributed by atoms with van der Waals surface area (Å²) in [6, 6.07) is 6.42. The average Bonchev–Trinajstić information content (AvgIpc) is 2.58.